The van der Waals surface area contributed by atoms with E-state index < -0.39 is 0 Å². The number of phenolic OH excluding ortho intramolecular Hbond substituents is 1. The first-order valence-corrected chi connectivity index (χ1v) is 10.0. The maximum Gasteiger partial charge on any atom is 0.254 e. The Bertz CT molecular complexity index is 1090. The summed E-state index contributed by atoms with van der Waals surface area (Å²) in [5, 5.41) is 10.0. The van der Waals surface area contributed by atoms with E-state index in [1.165, 1.54) is 12.0 Å². The smallest absolute Gasteiger partial charge is 0.254 e. The lowest BCUT2D eigenvalue weighted by molar-refractivity contribution is 0.473. The molecular formula is C25H25NO2. The van der Waals surface area contributed by atoms with Gasteiger partial charge in [0.2, 0.25) is 0 Å². The Morgan fingerprint density at radius 1 is 1.21 bits per heavy atom. The molecule has 142 valence electrons. The molecule has 0 saturated carbocycles. The highest BCUT2D eigenvalue weighted by Crippen LogP contribution is 2.31. The van der Waals surface area contributed by atoms with Gasteiger partial charge in [-0.15, -0.1) is 6.42 Å². The monoisotopic (exact) mass is 371 g/mol. The first kappa shape index (κ1) is 18.4. The van der Waals surface area contributed by atoms with E-state index in [0.29, 0.717) is 12.1 Å². The first-order chi connectivity index (χ1) is 13.6. The normalized spacial score (nSPS) is 15.6. The van der Waals surface area contributed by atoms with Gasteiger partial charge in [-0.2, -0.15) is 0 Å². The lowest BCUT2D eigenvalue weighted by atomic mass is 9.92. The van der Waals surface area contributed by atoms with Crippen molar-refractivity contribution in [2.75, 3.05) is 0 Å². The predicted molar refractivity (Wildman–Crippen MR) is 113 cm³/mol. The largest absolute Gasteiger partial charge is 0.507 e. The first-order valence-electron chi connectivity index (χ1n) is 10.0. The fraction of sp³-hybridized carbons (Fsp3) is 0.320. The van der Waals surface area contributed by atoms with Crippen LogP contribution in [-0.2, 0) is 25.8 Å². The number of benzene rings is 1. The average molecular weight is 371 g/mol. The topological polar surface area (TPSA) is 42.2 Å². The van der Waals surface area contributed by atoms with Gasteiger partial charge in [-0.05, 0) is 79.0 Å². The fourth-order valence-electron chi connectivity index (χ4n) is 4.30. The molecule has 0 spiro atoms. The molecule has 0 saturated heterocycles. The molecule has 28 heavy (non-hydrogen) atoms. The second-order valence-electron chi connectivity index (χ2n) is 7.62. The molecule has 2 aliphatic rings. The lowest BCUT2D eigenvalue weighted by Gasteiger charge is -2.20. The predicted octanol–water partition coefficient (Wildman–Crippen LogP) is 4.39. The molecular weight excluding hydrogens is 346 g/mol. The average Bonchev–Trinajstić information content (AvgIpc) is 3.18. The van der Waals surface area contributed by atoms with E-state index in [-0.39, 0.29) is 11.3 Å². The van der Waals surface area contributed by atoms with E-state index in [4.69, 9.17) is 6.42 Å². The van der Waals surface area contributed by atoms with Crippen LogP contribution < -0.4 is 5.56 Å². The van der Waals surface area contributed by atoms with Gasteiger partial charge in [0, 0.05) is 11.3 Å². The number of rotatable bonds is 4. The quantitative estimate of drug-likeness (QED) is 0.810. The van der Waals surface area contributed by atoms with Gasteiger partial charge in [0.05, 0.1) is 12.1 Å². The summed E-state index contributed by atoms with van der Waals surface area (Å²) in [6.45, 7) is 2.72. The van der Waals surface area contributed by atoms with E-state index in [2.05, 4.69) is 31.1 Å². The number of pyridine rings is 1. The summed E-state index contributed by atoms with van der Waals surface area (Å²) < 4.78 is 1.95. The third-order valence-corrected chi connectivity index (χ3v) is 5.87. The van der Waals surface area contributed by atoms with Crippen LogP contribution in [0.15, 0.2) is 46.8 Å². The van der Waals surface area contributed by atoms with E-state index in [1.807, 2.05) is 10.6 Å². The number of nitrogens with zero attached hydrogens (tertiary/aromatic N) is 1. The maximum atomic E-state index is 13.1. The molecule has 1 heterocycles. The molecule has 1 N–H and O–H groups in total. The minimum Gasteiger partial charge on any atom is -0.507 e. The Morgan fingerprint density at radius 2 is 2.04 bits per heavy atom. The van der Waals surface area contributed by atoms with Crippen molar-refractivity contribution in [2.24, 2.45) is 0 Å². The van der Waals surface area contributed by atoms with Gasteiger partial charge < -0.3 is 9.67 Å². The zero-order valence-electron chi connectivity index (χ0n) is 16.3. The Hall–Kier alpha value is -2.99. The summed E-state index contributed by atoms with van der Waals surface area (Å²) in [6, 6.07) is 7.68. The summed E-state index contributed by atoms with van der Waals surface area (Å²) in [4.78, 5) is 13.1. The summed E-state index contributed by atoms with van der Waals surface area (Å²) in [5.41, 5.74) is 7.32. The molecule has 0 amide bonds. The number of hydrogen-bond acceptors (Lipinski definition) is 2. The van der Waals surface area contributed by atoms with Gasteiger partial charge in [-0.25, -0.2) is 0 Å². The van der Waals surface area contributed by atoms with Gasteiger partial charge in [0.25, 0.3) is 5.56 Å². The zero-order chi connectivity index (χ0) is 19.7. The molecule has 3 nitrogen and oxygen atoms in total. The van der Waals surface area contributed by atoms with Gasteiger partial charge in [-0.3, -0.25) is 4.79 Å². The molecule has 0 radical (unpaired) electrons. The van der Waals surface area contributed by atoms with Crippen molar-refractivity contribution in [1.82, 2.24) is 4.57 Å². The number of phenols is 1. The summed E-state index contributed by atoms with van der Waals surface area (Å²) >= 11 is 0. The van der Waals surface area contributed by atoms with Crippen LogP contribution in [0, 0.1) is 12.3 Å². The molecule has 0 atom stereocenters. The van der Waals surface area contributed by atoms with Crippen molar-refractivity contribution in [2.45, 2.75) is 52.0 Å². The molecule has 0 unspecified atom stereocenters. The van der Waals surface area contributed by atoms with Gasteiger partial charge in [0.15, 0.2) is 0 Å². The number of aromatic nitrogens is 1. The highest BCUT2D eigenvalue weighted by molar-refractivity contribution is 5.74. The molecule has 0 aliphatic heterocycles. The summed E-state index contributed by atoms with van der Waals surface area (Å²) in [6.07, 6.45) is 15.6. The fourth-order valence-corrected chi connectivity index (χ4v) is 4.30. The lowest BCUT2D eigenvalue weighted by Crippen LogP contribution is -2.30. The number of allylic oxidation sites excluding steroid dienone is 4. The van der Waals surface area contributed by atoms with Crippen LogP contribution in [0.5, 0.6) is 5.75 Å². The maximum absolute atomic E-state index is 13.1. The summed E-state index contributed by atoms with van der Waals surface area (Å²) in [7, 11) is 0. The van der Waals surface area contributed by atoms with Crippen molar-refractivity contribution in [1.29, 1.82) is 0 Å². The second-order valence-corrected chi connectivity index (χ2v) is 7.62. The van der Waals surface area contributed by atoms with Crippen LogP contribution in [0.4, 0.5) is 0 Å². The Morgan fingerprint density at radius 3 is 2.79 bits per heavy atom. The minimum atomic E-state index is 0.133. The molecule has 3 heteroatoms. The van der Waals surface area contributed by atoms with Gasteiger partial charge in [-0.1, -0.05) is 31.1 Å². The van der Waals surface area contributed by atoms with Crippen LogP contribution >= 0.6 is 0 Å². The van der Waals surface area contributed by atoms with E-state index in [0.717, 1.165) is 60.1 Å². The molecule has 4 rings (SSSR count). The summed E-state index contributed by atoms with van der Waals surface area (Å²) in [5.74, 6) is 2.61. The molecule has 1 aromatic carbocycles. The van der Waals surface area contributed by atoms with Crippen LogP contribution in [0.2, 0.25) is 0 Å². The van der Waals surface area contributed by atoms with Gasteiger partial charge in [0.1, 0.15) is 5.75 Å². The van der Waals surface area contributed by atoms with Crippen molar-refractivity contribution in [3.05, 3.63) is 80.3 Å². The Balaban J connectivity index is 1.63. The van der Waals surface area contributed by atoms with Crippen molar-refractivity contribution < 1.29 is 5.11 Å². The number of hydrogen-bond donors (Lipinski definition) is 1. The van der Waals surface area contributed by atoms with Crippen LogP contribution in [0.25, 0.3) is 5.57 Å². The SMILES string of the molecule is C#Cc1ccc(C2=CC(Cn3c(CC)cc4c(c3=O)CCCC4)=CC2)cc1O. The van der Waals surface area contributed by atoms with E-state index in [1.54, 1.807) is 12.1 Å². The van der Waals surface area contributed by atoms with Gasteiger partial charge >= 0.3 is 0 Å². The standard InChI is InChI=1S/C25H25NO2/c1-3-18-11-12-20(15-24(18)27)19-10-9-17(13-19)16-26-22(4-2)14-21-7-5-6-8-23(21)25(26)28/h1,9,11-15,27H,4-8,10,16H2,2H3. The van der Waals surface area contributed by atoms with E-state index >= 15 is 0 Å². The third-order valence-electron chi connectivity index (χ3n) is 5.87. The molecule has 1 aromatic heterocycles. The molecule has 0 fully saturated rings. The highest BCUT2D eigenvalue weighted by Gasteiger charge is 2.18. The highest BCUT2D eigenvalue weighted by atomic mass is 16.3. The number of aryl methyl sites for hydroxylation is 2. The molecule has 0 bridgehead atoms. The van der Waals surface area contributed by atoms with Crippen molar-refractivity contribution >= 4 is 5.57 Å². The molecule has 2 aliphatic carbocycles. The molecule has 2 aromatic rings. The Kier molecular flexibility index (Phi) is 4.96. The van der Waals surface area contributed by atoms with Crippen LogP contribution in [-0.4, -0.2) is 9.67 Å². The number of fused-ring (bicyclic) bond motifs is 1. The van der Waals surface area contributed by atoms with Crippen molar-refractivity contribution in [3.63, 3.8) is 0 Å². The van der Waals surface area contributed by atoms with Crippen molar-refractivity contribution in [3.8, 4) is 18.1 Å². The minimum absolute atomic E-state index is 0.133. The zero-order valence-corrected chi connectivity index (χ0v) is 16.3. The Labute approximate surface area is 166 Å². The number of aromatic hydroxyl groups is 1. The third kappa shape index (κ3) is 3.31. The number of terminal acetylenes is 1. The van der Waals surface area contributed by atoms with E-state index in [9.17, 15) is 9.90 Å². The second kappa shape index (κ2) is 7.56. The van der Waals surface area contributed by atoms with Crippen LogP contribution in [0.3, 0.4) is 0 Å². The van der Waals surface area contributed by atoms with Crippen LogP contribution in [0.1, 0.15) is 54.1 Å².